The van der Waals surface area contributed by atoms with E-state index < -0.39 is 5.54 Å². The van der Waals surface area contributed by atoms with Crippen LogP contribution >= 0.6 is 0 Å². The molecule has 1 aliphatic carbocycles. The number of nitrogens with zero attached hydrogens (tertiary/aromatic N) is 2. The lowest BCUT2D eigenvalue weighted by Crippen LogP contribution is -2.49. The van der Waals surface area contributed by atoms with Gasteiger partial charge in [0.25, 0.3) is 5.91 Å². The molecule has 1 aromatic carbocycles. The van der Waals surface area contributed by atoms with Crippen molar-refractivity contribution in [2.24, 2.45) is 11.1 Å². The number of rotatable bonds is 4. The number of amides is 2. The highest BCUT2D eigenvalue weighted by molar-refractivity contribution is 6.03. The number of anilines is 2. The van der Waals surface area contributed by atoms with Gasteiger partial charge < -0.3 is 26.7 Å². The molecular weight excluding hydrogens is 416 g/mol. The maximum atomic E-state index is 12.8. The van der Waals surface area contributed by atoms with Gasteiger partial charge in [-0.25, -0.2) is 4.98 Å². The number of allylic oxidation sites excluding steroid dienone is 2. The zero-order chi connectivity index (χ0) is 23.8. The number of aromatic amines is 1. The largest absolute Gasteiger partial charge is 0.384 e. The van der Waals surface area contributed by atoms with Gasteiger partial charge in [0.15, 0.2) is 5.82 Å². The summed E-state index contributed by atoms with van der Waals surface area (Å²) >= 11 is 0. The maximum Gasteiger partial charge on any atom is 0.291 e. The lowest BCUT2D eigenvalue weighted by atomic mass is 9.75. The van der Waals surface area contributed by atoms with E-state index in [0.29, 0.717) is 31.7 Å². The van der Waals surface area contributed by atoms with E-state index in [4.69, 9.17) is 11.5 Å². The van der Waals surface area contributed by atoms with Gasteiger partial charge in [-0.3, -0.25) is 9.59 Å². The Morgan fingerprint density at radius 1 is 1.18 bits per heavy atom. The van der Waals surface area contributed by atoms with Gasteiger partial charge in [0.1, 0.15) is 5.82 Å². The van der Waals surface area contributed by atoms with Gasteiger partial charge in [0.05, 0.1) is 6.20 Å². The van der Waals surface area contributed by atoms with E-state index in [2.05, 4.69) is 41.3 Å². The fraction of sp³-hybridized carbons (Fsp3) is 0.480. The van der Waals surface area contributed by atoms with Crippen molar-refractivity contribution in [3.05, 3.63) is 47.4 Å². The van der Waals surface area contributed by atoms with Crippen LogP contribution in [0.4, 0.5) is 11.5 Å². The summed E-state index contributed by atoms with van der Waals surface area (Å²) < 4.78 is 0. The molecule has 4 rings (SSSR count). The molecule has 2 heterocycles. The molecule has 1 aliphatic heterocycles. The highest BCUT2D eigenvalue weighted by Crippen LogP contribution is 2.41. The van der Waals surface area contributed by atoms with Crippen LogP contribution in [0.1, 0.15) is 74.6 Å². The second-order valence-corrected chi connectivity index (χ2v) is 10.2. The Morgan fingerprint density at radius 2 is 1.91 bits per heavy atom. The molecule has 2 aromatic rings. The zero-order valence-electron chi connectivity index (χ0n) is 19.7. The number of likely N-dealkylation sites (tertiary alicyclic amines) is 1. The van der Waals surface area contributed by atoms with E-state index in [9.17, 15) is 9.59 Å². The summed E-state index contributed by atoms with van der Waals surface area (Å²) in [7, 11) is 0. The number of hydrogen-bond acceptors (Lipinski definition) is 5. The number of hydrogen-bond donors (Lipinski definition) is 4. The lowest BCUT2D eigenvalue weighted by Gasteiger charge is -2.39. The molecule has 2 aliphatic rings. The van der Waals surface area contributed by atoms with Crippen molar-refractivity contribution in [1.82, 2.24) is 14.9 Å². The van der Waals surface area contributed by atoms with Crippen molar-refractivity contribution in [1.29, 1.82) is 0 Å². The first-order valence-corrected chi connectivity index (χ1v) is 11.6. The number of aromatic nitrogens is 2. The number of piperidine rings is 1. The maximum absolute atomic E-state index is 12.8. The Hall–Kier alpha value is -3.13. The normalized spacial score (nSPS) is 19.6. The number of benzene rings is 1. The Morgan fingerprint density at radius 3 is 2.48 bits per heavy atom. The smallest absolute Gasteiger partial charge is 0.291 e. The van der Waals surface area contributed by atoms with Crippen molar-refractivity contribution >= 4 is 28.9 Å². The minimum atomic E-state index is -0.507. The van der Waals surface area contributed by atoms with Gasteiger partial charge in [-0.1, -0.05) is 26.0 Å². The van der Waals surface area contributed by atoms with Crippen molar-refractivity contribution in [3.63, 3.8) is 0 Å². The fourth-order valence-electron chi connectivity index (χ4n) is 4.69. The van der Waals surface area contributed by atoms with Gasteiger partial charge in [-0.15, -0.1) is 0 Å². The van der Waals surface area contributed by atoms with Gasteiger partial charge in [-0.05, 0) is 60.8 Å². The number of nitrogen functional groups attached to an aromatic ring is 1. The first-order valence-electron chi connectivity index (χ1n) is 11.6. The van der Waals surface area contributed by atoms with E-state index >= 15 is 0 Å². The molecule has 1 fully saturated rings. The van der Waals surface area contributed by atoms with Crippen LogP contribution in [0, 0.1) is 5.41 Å². The molecule has 0 bridgehead atoms. The molecular formula is C25H34N6O2. The van der Waals surface area contributed by atoms with Crippen molar-refractivity contribution in [2.45, 2.75) is 58.4 Å². The summed E-state index contributed by atoms with van der Waals surface area (Å²) in [6.45, 7) is 7.45. The molecule has 1 saturated heterocycles. The highest BCUT2D eigenvalue weighted by Gasteiger charge is 2.34. The molecule has 0 saturated carbocycles. The van der Waals surface area contributed by atoms with E-state index in [1.165, 1.54) is 11.8 Å². The van der Waals surface area contributed by atoms with Gasteiger partial charge in [0.2, 0.25) is 5.91 Å². The number of imidazole rings is 1. The van der Waals surface area contributed by atoms with Crippen LogP contribution < -0.4 is 16.8 Å². The number of carbonyl (C=O) groups excluding carboxylic acids is 2. The first-order chi connectivity index (χ1) is 15.6. The van der Waals surface area contributed by atoms with Crippen LogP contribution in [0.3, 0.4) is 0 Å². The van der Waals surface area contributed by atoms with E-state index in [-0.39, 0.29) is 23.1 Å². The number of H-pyrrole nitrogens is 1. The SMILES string of the molecule is CC(=O)N1CCC(N)(c2ccc(NC(=O)c3ncc(N)[nH]3)c(C3=CCC(C)(C)CC3)c2)CC1. The average molecular weight is 451 g/mol. The molecule has 0 spiro atoms. The molecule has 2 amide bonds. The summed E-state index contributed by atoms with van der Waals surface area (Å²) in [4.78, 5) is 33.2. The summed E-state index contributed by atoms with van der Waals surface area (Å²) in [5.74, 6) is 0.266. The molecule has 176 valence electrons. The first kappa shape index (κ1) is 23.0. The molecule has 0 unspecified atom stereocenters. The van der Waals surface area contributed by atoms with Crippen molar-refractivity contribution in [3.8, 4) is 0 Å². The standard InChI is InChI=1S/C25H34N6O2/c1-16(32)31-12-10-25(27,11-13-31)18-4-5-20(29-23(33)22-28-15-21(26)30-22)19(14-18)17-6-8-24(2,3)9-7-17/h4-6,14-15H,7-13,26-27H2,1-3H3,(H,28,30)(H,29,33). The lowest BCUT2D eigenvalue weighted by molar-refractivity contribution is -0.130. The fourth-order valence-corrected chi connectivity index (χ4v) is 4.69. The van der Waals surface area contributed by atoms with Crippen molar-refractivity contribution in [2.75, 3.05) is 24.1 Å². The summed E-state index contributed by atoms with van der Waals surface area (Å²) in [5.41, 5.74) is 16.3. The topological polar surface area (TPSA) is 130 Å². The van der Waals surface area contributed by atoms with Gasteiger partial charge >= 0.3 is 0 Å². The van der Waals surface area contributed by atoms with Crippen LogP contribution in [-0.4, -0.2) is 39.8 Å². The molecule has 33 heavy (non-hydrogen) atoms. The highest BCUT2D eigenvalue weighted by atomic mass is 16.2. The molecule has 0 atom stereocenters. The Labute approximate surface area is 194 Å². The van der Waals surface area contributed by atoms with Crippen LogP contribution in [0.25, 0.3) is 5.57 Å². The van der Waals surface area contributed by atoms with Gasteiger partial charge in [-0.2, -0.15) is 0 Å². The van der Waals surface area contributed by atoms with E-state index in [1.54, 1.807) is 6.92 Å². The third-order valence-electron chi connectivity index (χ3n) is 7.07. The minimum Gasteiger partial charge on any atom is -0.384 e. The molecule has 8 heteroatoms. The molecule has 8 nitrogen and oxygen atoms in total. The summed E-state index contributed by atoms with van der Waals surface area (Å²) in [5, 5.41) is 3.00. The predicted octanol–water partition coefficient (Wildman–Crippen LogP) is 3.63. The second-order valence-electron chi connectivity index (χ2n) is 10.2. The monoisotopic (exact) mass is 450 g/mol. The summed E-state index contributed by atoms with van der Waals surface area (Å²) in [6, 6.07) is 6.05. The average Bonchev–Trinajstić information content (AvgIpc) is 3.21. The predicted molar refractivity (Wildman–Crippen MR) is 130 cm³/mol. The Bertz CT molecular complexity index is 1090. The third-order valence-corrected chi connectivity index (χ3v) is 7.07. The Balaban J connectivity index is 1.66. The molecule has 6 N–H and O–H groups in total. The van der Waals surface area contributed by atoms with Crippen LogP contribution in [0.5, 0.6) is 0 Å². The molecule has 0 radical (unpaired) electrons. The quantitative estimate of drug-likeness (QED) is 0.565. The minimum absolute atomic E-state index is 0.0874. The second kappa shape index (κ2) is 8.67. The van der Waals surface area contributed by atoms with E-state index in [1.807, 2.05) is 17.0 Å². The zero-order valence-corrected chi connectivity index (χ0v) is 19.7. The summed E-state index contributed by atoms with van der Waals surface area (Å²) in [6.07, 6.45) is 8.11. The Kier molecular flexibility index (Phi) is 6.05. The van der Waals surface area contributed by atoms with Crippen LogP contribution in [-0.2, 0) is 10.3 Å². The number of nitrogens with two attached hydrogens (primary N) is 2. The van der Waals surface area contributed by atoms with E-state index in [0.717, 1.165) is 36.1 Å². The third kappa shape index (κ3) is 4.95. The number of carbonyl (C=O) groups is 2. The molecule has 1 aromatic heterocycles. The van der Waals surface area contributed by atoms with Crippen LogP contribution in [0.2, 0.25) is 0 Å². The van der Waals surface area contributed by atoms with Crippen molar-refractivity contribution < 1.29 is 9.59 Å². The van der Waals surface area contributed by atoms with Crippen LogP contribution in [0.15, 0.2) is 30.5 Å². The number of nitrogens with one attached hydrogen (secondary N) is 2. The van der Waals surface area contributed by atoms with Gasteiger partial charge in [0, 0.05) is 36.8 Å².